The topological polar surface area (TPSA) is 0 Å². The van der Waals surface area contributed by atoms with E-state index >= 15 is 0 Å². The van der Waals surface area contributed by atoms with Gasteiger partial charge in [0.25, 0.3) is 0 Å². The van der Waals surface area contributed by atoms with Gasteiger partial charge < -0.3 is 0 Å². The van der Waals surface area contributed by atoms with Gasteiger partial charge in [-0.3, -0.25) is 0 Å². The molecule has 0 aliphatic carbocycles. The standard InChI is InChI=1S/C9H10FI/c1-7-3-5-8(6-4-7)9(2,10)11/h3-6H,1-2H3. The van der Waals surface area contributed by atoms with Crippen molar-refractivity contribution < 1.29 is 4.39 Å². The average Bonchev–Trinajstić information content (AvgIpc) is 1.86. The molecule has 0 saturated heterocycles. The molecule has 1 atom stereocenters. The fraction of sp³-hybridized carbons (Fsp3) is 0.333. The lowest BCUT2D eigenvalue weighted by molar-refractivity contribution is 0.349. The maximum absolute atomic E-state index is 13.2. The molecular weight excluding hydrogens is 254 g/mol. The van der Waals surface area contributed by atoms with Gasteiger partial charge in [-0.15, -0.1) is 0 Å². The lowest BCUT2D eigenvalue weighted by Gasteiger charge is -2.11. The van der Waals surface area contributed by atoms with Crippen LogP contribution >= 0.6 is 22.6 Å². The van der Waals surface area contributed by atoms with Crippen LogP contribution < -0.4 is 0 Å². The van der Waals surface area contributed by atoms with Crippen LogP contribution in [0.15, 0.2) is 24.3 Å². The fourth-order valence-electron chi connectivity index (χ4n) is 0.846. The van der Waals surface area contributed by atoms with Gasteiger partial charge in [-0.05, 0) is 42.0 Å². The summed E-state index contributed by atoms with van der Waals surface area (Å²) in [5.74, 6) is 0. The molecule has 0 N–H and O–H groups in total. The van der Waals surface area contributed by atoms with E-state index in [0.717, 1.165) is 11.1 Å². The molecule has 0 aliphatic rings. The summed E-state index contributed by atoms with van der Waals surface area (Å²) in [4.78, 5) is 0. The lowest BCUT2D eigenvalue weighted by Crippen LogP contribution is -2.03. The largest absolute Gasteiger partial charge is 0.227 e. The molecule has 1 rings (SSSR count). The minimum Gasteiger partial charge on any atom is -0.227 e. The predicted octanol–water partition coefficient (Wildman–Crippen LogP) is 3.57. The van der Waals surface area contributed by atoms with Crippen LogP contribution in [0.4, 0.5) is 4.39 Å². The third kappa shape index (κ3) is 2.43. The number of hydrogen-bond acceptors (Lipinski definition) is 0. The molecule has 0 amide bonds. The van der Waals surface area contributed by atoms with Crippen LogP contribution in [0, 0.1) is 6.92 Å². The van der Waals surface area contributed by atoms with Gasteiger partial charge in [0.15, 0.2) is 3.68 Å². The van der Waals surface area contributed by atoms with Crippen molar-refractivity contribution in [2.45, 2.75) is 17.5 Å². The molecule has 0 nitrogen and oxygen atoms in total. The Balaban J connectivity index is 2.99. The van der Waals surface area contributed by atoms with Crippen LogP contribution in [-0.4, -0.2) is 0 Å². The molecule has 0 spiro atoms. The normalized spacial score (nSPS) is 16.0. The van der Waals surface area contributed by atoms with Crippen molar-refractivity contribution in [1.82, 2.24) is 0 Å². The zero-order valence-corrected chi connectivity index (χ0v) is 8.72. The summed E-state index contributed by atoms with van der Waals surface area (Å²) in [7, 11) is 0. The van der Waals surface area contributed by atoms with Gasteiger partial charge in [0, 0.05) is 0 Å². The van der Waals surface area contributed by atoms with Crippen molar-refractivity contribution in [3.05, 3.63) is 35.4 Å². The highest BCUT2D eigenvalue weighted by atomic mass is 127. The molecule has 60 valence electrons. The Morgan fingerprint density at radius 2 is 1.73 bits per heavy atom. The Bertz CT molecular complexity index is 233. The molecule has 1 aromatic carbocycles. The molecule has 1 unspecified atom stereocenters. The summed E-state index contributed by atoms with van der Waals surface area (Å²) in [5, 5.41) is 0. The highest BCUT2D eigenvalue weighted by Gasteiger charge is 2.19. The number of hydrogen-bond donors (Lipinski definition) is 0. The van der Waals surface area contributed by atoms with Gasteiger partial charge in [-0.25, -0.2) is 4.39 Å². The first-order chi connectivity index (χ1) is 5.00. The van der Waals surface area contributed by atoms with Crippen molar-refractivity contribution in [2.75, 3.05) is 0 Å². The van der Waals surface area contributed by atoms with Crippen LogP contribution in [0.25, 0.3) is 0 Å². The van der Waals surface area contributed by atoms with Crippen LogP contribution in [0.2, 0.25) is 0 Å². The molecule has 0 saturated carbocycles. The summed E-state index contributed by atoms with van der Waals surface area (Å²) in [6.07, 6.45) is 0. The molecule has 0 aliphatic heterocycles. The van der Waals surface area contributed by atoms with E-state index in [1.165, 1.54) is 0 Å². The fourth-order valence-corrected chi connectivity index (χ4v) is 1.21. The molecular formula is C9H10FI. The van der Waals surface area contributed by atoms with E-state index < -0.39 is 3.68 Å². The van der Waals surface area contributed by atoms with Crippen LogP contribution in [-0.2, 0) is 3.68 Å². The first-order valence-electron chi connectivity index (χ1n) is 3.45. The Morgan fingerprint density at radius 3 is 2.09 bits per heavy atom. The first-order valence-corrected chi connectivity index (χ1v) is 4.53. The summed E-state index contributed by atoms with van der Waals surface area (Å²) in [5.41, 5.74) is 1.89. The molecule has 1 aromatic rings. The Hall–Kier alpha value is -0.120. The number of aryl methyl sites for hydroxylation is 1. The average molecular weight is 264 g/mol. The van der Waals surface area contributed by atoms with E-state index in [0.29, 0.717) is 0 Å². The van der Waals surface area contributed by atoms with E-state index in [4.69, 9.17) is 0 Å². The Kier molecular flexibility index (Phi) is 2.52. The molecule has 0 bridgehead atoms. The SMILES string of the molecule is Cc1ccc(C(C)(F)I)cc1. The second kappa shape index (κ2) is 3.09. The minimum atomic E-state index is -1.24. The van der Waals surface area contributed by atoms with E-state index in [1.807, 2.05) is 31.2 Å². The molecule has 0 aromatic heterocycles. The van der Waals surface area contributed by atoms with Crippen LogP contribution in [0.3, 0.4) is 0 Å². The maximum atomic E-state index is 13.2. The number of benzene rings is 1. The number of rotatable bonds is 1. The number of halogens is 2. The van der Waals surface area contributed by atoms with Crippen molar-refractivity contribution in [1.29, 1.82) is 0 Å². The summed E-state index contributed by atoms with van der Waals surface area (Å²) in [6, 6.07) is 7.49. The van der Waals surface area contributed by atoms with Crippen molar-refractivity contribution in [3.63, 3.8) is 0 Å². The quantitative estimate of drug-likeness (QED) is 0.537. The predicted molar refractivity (Wildman–Crippen MR) is 53.7 cm³/mol. The van der Waals surface area contributed by atoms with Gasteiger partial charge >= 0.3 is 0 Å². The van der Waals surface area contributed by atoms with Crippen molar-refractivity contribution >= 4 is 22.6 Å². The van der Waals surface area contributed by atoms with Crippen LogP contribution in [0.5, 0.6) is 0 Å². The number of alkyl halides is 2. The Morgan fingerprint density at radius 1 is 1.27 bits per heavy atom. The van der Waals surface area contributed by atoms with E-state index in [2.05, 4.69) is 0 Å². The maximum Gasteiger partial charge on any atom is 0.183 e. The lowest BCUT2D eigenvalue weighted by atomic mass is 10.1. The second-order valence-electron chi connectivity index (χ2n) is 2.75. The van der Waals surface area contributed by atoms with E-state index in [-0.39, 0.29) is 0 Å². The van der Waals surface area contributed by atoms with Crippen LogP contribution in [0.1, 0.15) is 18.1 Å². The zero-order chi connectivity index (χ0) is 8.48. The highest BCUT2D eigenvalue weighted by molar-refractivity contribution is 14.1. The van der Waals surface area contributed by atoms with Crippen molar-refractivity contribution in [3.8, 4) is 0 Å². The summed E-state index contributed by atoms with van der Waals surface area (Å²) in [6.45, 7) is 3.55. The molecule has 0 radical (unpaired) electrons. The van der Waals surface area contributed by atoms with E-state index in [1.54, 1.807) is 29.5 Å². The van der Waals surface area contributed by atoms with E-state index in [9.17, 15) is 4.39 Å². The zero-order valence-electron chi connectivity index (χ0n) is 6.57. The molecule has 0 fully saturated rings. The monoisotopic (exact) mass is 264 g/mol. The van der Waals surface area contributed by atoms with Gasteiger partial charge in [0.05, 0.1) is 0 Å². The van der Waals surface area contributed by atoms with Gasteiger partial charge in [0.2, 0.25) is 0 Å². The molecule has 11 heavy (non-hydrogen) atoms. The minimum absolute atomic E-state index is 0.726. The molecule has 2 heteroatoms. The van der Waals surface area contributed by atoms with Gasteiger partial charge in [-0.1, -0.05) is 29.8 Å². The molecule has 0 heterocycles. The summed E-state index contributed by atoms with van der Waals surface area (Å²) < 4.78 is 12.0. The first kappa shape index (κ1) is 8.97. The Labute approximate surface area is 80.0 Å². The third-order valence-corrected chi connectivity index (χ3v) is 2.18. The van der Waals surface area contributed by atoms with Gasteiger partial charge in [-0.2, -0.15) is 0 Å². The van der Waals surface area contributed by atoms with Gasteiger partial charge in [0.1, 0.15) is 0 Å². The smallest absolute Gasteiger partial charge is 0.183 e. The second-order valence-corrected chi connectivity index (χ2v) is 4.78. The summed E-state index contributed by atoms with van der Waals surface area (Å²) >= 11 is 1.79. The van der Waals surface area contributed by atoms with Crippen molar-refractivity contribution in [2.24, 2.45) is 0 Å². The third-order valence-electron chi connectivity index (χ3n) is 1.56. The highest BCUT2D eigenvalue weighted by Crippen LogP contribution is 2.32.